The van der Waals surface area contributed by atoms with Crippen LogP contribution in [-0.2, 0) is 14.8 Å². The minimum Gasteiger partial charge on any atom is -0.465 e. The number of esters is 1. The maximum absolute atomic E-state index is 12.1. The van der Waals surface area contributed by atoms with Crippen LogP contribution in [0.3, 0.4) is 0 Å². The molecule has 110 valence electrons. The molecule has 0 unspecified atom stereocenters. The van der Waals surface area contributed by atoms with Gasteiger partial charge in [0.15, 0.2) is 0 Å². The molecule has 20 heavy (non-hydrogen) atoms. The minimum atomic E-state index is -4.04. The van der Waals surface area contributed by atoms with E-state index < -0.39 is 36.5 Å². The highest BCUT2D eigenvalue weighted by molar-refractivity contribution is 7.89. The molecule has 8 nitrogen and oxygen atoms in total. The van der Waals surface area contributed by atoms with E-state index in [2.05, 4.69) is 4.74 Å². The van der Waals surface area contributed by atoms with Gasteiger partial charge in [-0.25, -0.2) is 17.5 Å². The quantitative estimate of drug-likeness (QED) is 0.469. The van der Waals surface area contributed by atoms with Crippen molar-refractivity contribution in [2.75, 3.05) is 21.2 Å². The fraction of sp³-hybridized carbons (Fsp3) is 0.300. The summed E-state index contributed by atoms with van der Waals surface area (Å²) in [5.74, 6) is -0.903. The smallest absolute Gasteiger partial charge is 0.338 e. The number of hydrogen-bond acceptors (Lipinski definition) is 6. The minimum absolute atomic E-state index is 0.274. The monoisotopic (exact) mass is 322 g/mol. The number of nitro groups is 1. The SMILES string of the molecule is COC(=O)c1cc([N+](=O)[O-])c(Cl)c(S(=O)(=O)N(C)C)c1. The Balaban J connectivity index is 3.72. The molecule has 0 aliphatic heterocycles. The van der Waals surface area contributed by atoms with Gasteiger partial charge in [-0.05, 0) is 6.07 Å². The first-order valence-electron chi connectivity index (χ1n) is 5.11. The highest BCUT2D eigenvalue weighted by Crippen LogP contribution is 2.34. The van der Waals surface area contributed by atoms with Crippen molar-refractivity contribution >= 4 is 33.3 Å². The molecule has 1 rings (SSSR count). The molecule has 0 amide bonds. The van der Waals surface area contributed by atoms with E-state index in [4.69, 9.17) is 11.6 Å². The summed E-state index contributed by atoms with van der Waals surface area (Å²) >= 11 is 5.75. The van der Waals surface area contributed by atoms with Gasteiger partial charge < -0.3 is 4.74 Å². The number of hydrogen-bond donors (Lipinski definition) is 0. The summed E-state index contributed by atoms with van der Waals surface area (Å²) in [6.07, 6.45) is 0. The van der Waals surface area contributed by atoms with Crippen molar-refractivity contribution in [1.82, 2.24) is 4.31 Å². The average molecular weight is 323 g/mol. The highest BCUT2D eigenvalue weighted by Gasteiger charge is 2.29. The van der Waals surface area contributed by atoms with Gasteiger partial charge in [-0.3, -0.25) is 10.1 Å². The molecular formula is C10H11ClN2O6S. The lowest BCUT2D eigenvalue weighted by molar-refractivity contribution is -0.384. The van der Waals surface area contributed by atoms with Gasteiger partial charge in [0.2, 0.25) is 10.0 Å². The van der Waals surface area contributed by atoms with E-state index in [0.29, 0.717) is 0 Å². The van der Waals surface area contributed by atoms with E-state index in [9.17, 15) is 23.3 Å². The van der Waals surface area contributed by atoms with Gasteiger partial charge in [0.05, 0.1) is 17.6 Å². The van der Waals surface area contributed by atoms with Crippen molar-refractivity contribution in [3.05, 3.63) is 32.8 Å². The summed E-state index contributed by atoms with van der Waals surface area (Å²) in [5, 5.41) is 10.3. The van der Waals surface area contributed by atoms with Crippen LogP contribution < -0.4 is 0 Å². The summed E-state index contributed by atoms with van der Waals surface area (Å²) < 4.78 is 29.4. The molecule has 0 spiro atoms. The molecule has 0 bridgehead atoms. The van der Waals surface area contributed by atoms with Gasteiger partial charge >= 0.3 is 5.97 Å². The van der Waals surface area contributed by atoms with E-state index in [1.54, 1.807) is 0 Å². The largest absolute Gasteiger partial charge is 0.465 e. The standard InChI is InChI=1S/C10H11ClN2O6S/c1-12(2)20(17,18)8-5-6(10(14)19-3)4-7(9(8)11)13(15)16/h4-5H,1-3H3. The third kappa shape index (κ3) is 2.89. The molecule has 1 aromatic rings. The topological polar surface area (TPSA) is 107 Å². The number of carbonyl (C=O) groups excluding carboxylic acids is 1. The zero-order valence-electron chi connectivity index (χ0n) is 10.8. The van der Waals surface area contributed by atoms with Crippen LogP contribution in [0.2, 0.25) is 5.02 Å². The fourth-order valence-electron chi connectivity index (χ4n) is 1.34. The number of ether oxygens (including phenoxy) is 1. The van der Waals surface area contributed by atoms with Crippen LogP contribution in [0.5, 0.6) is 0 Å². The number of methoxy groups -OCH3 is 1. The molecule has 0 saturated heterocycles. The Labute approximate surface area is 120 Å². The molecule has 0 saturated carbocycles. The van der Waals surface area contributed by atoms with E-state index in [0.717, 1.165) is 23.5 Å². The Hall–Kier alpha value is -1.71. The first-order chi connectivity index (χ1) is 9.12. The third-order valence-corrected chi connectivity index (χ3v) is 4.74. The van der Waals surface area contributed by atoms with Crippen LogP contribution in [0.15, 0.2) is 17.0 Å². The number of carbonyl (C=O) groups is 1. The molecule has 0 radical (unpaired) electrons. The van der Waals surface area contributed by atoms with Crippen molar-refractivity contribution in [3.63, 3.8) is 0 Å². The molecule has 10 heteroatoms. The van der Waals surface area contributed by atoms with Crippen molar-refractivity contribution in [2.24, 2.45) is 0 Å². The number of benzene rings is 1. The predicted molar refractivity (Wildman–Crippen MR) is 70.3 cm³/mol. The second-order valence-corrected chi connectivity index (χ2v) is 6.34. The van der Waals surface area contributed by atoms with Crippen molar-refractivity contribution < 1.29 is 22.9 Å². The molecular weight excluding hydrogens is 312 g/mol. The summed E-state index contributed by atoms with van der Waals surface area (Å²) in [6, 6.07) is 1.80. The summed E-state index contributed by atoms with van der Waals surface area (Å²) in [4.78, 5) is 20.9. The Morgan fingerprint density at radius 1 is 1.40 bits per heavy atom. The summed E-state index contributed by atoms with van der Waals surface area (Å²) in [7, 11) is -0.490. The average Bonchev–Trinajstić information content (AvgIpc) is 2.37. The second kappa shape index (κ2) is 5.73. The van der Waals surface area contributed by atoms with Crippen LogP contribution in [-0.4, -0.2) is 44.8 Å². The lowest BCUT2D eigenvalue weighted by atomic mass is 10.2. The molecule has 0 aliphatic rings. The van der Waals surface area contributed by atoms with E-state index in [1.807, 2.05) is 0 Å². The zero-order chi connectivity index (χ0) is 15.7. The van der Waals surface area contributed by atoms with Crippen LogP contribution in [0, 0.1) is 10.1 Å². The van der Waals surface area contributed by atoms with Crippen LogP contribution in [0.4, 0.5) is 5.69 Å². The molecule has 0 fully saturated rings. The number of nitrogens with zero attached hydrogens (tertiary/aromatic N) is 2. The van der Waals surface area contributed by atoms with Crippen LogP contribution in [0.25, 0.3) is 0 Å². The lowest BCUT2D eigenvalue weighted by Gasteiger charge is -2.13. The summed E-state index contributed by atoms with van der Waals surface area (Å²) in [5.41, 5.74) is -0.959. The first-order valence-corrected chi connectivity index (χ1v) is 6.93. The molecule has 0 aliphatic carbocycles. The van der Waals surface area contributed by atoms with Crippen molar-refractivity contribution in [3.8, 4) is 0 Å². The Bertz CT molecular complexity index is 671. The van der Waals surface area contributed by atoms with Crippen LogP contribution >= 0.6 is 11.6 Å². The molecule has 0 heterocycles. The van der Waals surface area contributed by atoms with Crippen molar-refractivity contribution in [1.29, 1.82) is 0 Å². The van der Waals surface area contributed by atoms with E-state index in [1.165, 1.54) is 14.1 Å². The third-order valence-electron chi connectivity index (χ3n) is 2.40. The lowest BCUT2D eigenvalue weighted by Crippen LogP contribution is -2.23. The number of nitro benzene ring substituents is 1. The van der Waals surface area contributed by atoms with Gasteiger partial charge in [0.1, 0.15) is 9.92 Å². The van der Waals surface area contributed by atoms with Gasteiger partial charge in [0, 0.05) is 20.2 Å². The molecule has 0 atom stereocenters. The molecule has 1 aromatic carbocycles. The molecule has 0 aromatic heterocycles. The van der Waals surface area contributed by atoms with Gasteiger partial charge in [0.25, 0.3) is 5.69 Å². The fourth-order valence-corrected chi connectivity index (χ4v) is 2.81. The van der Waals surface area contributed by atoms with Crippen molar-refractivity contribution in [2.45, 2.75) is 4.90 Å². The Morgan fingerprint density at radius 3 is 2.35 bits per heavy atom. The Kier molecular flexibility index (Phi) is 4.69. The Morgan fingerprint density at radius 2 is 1.95 bits per heavy atom. The maximum atomic E-state index is 12.1. The molecule has 0 N–H and O–H groups in total. The summed E-state index contributed by atoms with van der Waals surface area (Å²) in [6.45, 7) is 0. The van der Waals surface area contributed by atoms with Gasteiger partial charge in [-0.15, -0.1) is 0 Å². The second-order valence-electron chi connectivity index (χ2n) is 3.84. The predicted octanol–water partition coefficient (Wildman–Crippen LogP) is 1.29. The first kappa shape index (κ1) is 16.3. The van der Waals surface area contributed by atoms with Gasteiger partial charge in [-0.1, -0.05) is 11.6 Å². The highest BCUT2D eigenvalue weighted by atomic mass is 35.5. The van der Waals surface area contributed by atoms with E-state index in [-0.39, 0.29) is 5.56 Å². The van der Waals surface area contributed by atoms with E-state index >= 15 is 0 Å². The maximum Gasteiger partial charge on any atom is 0.338 e. The van der Waals surface area contributed by atoms with Crippen LogP contribution in [0.1, 0.15) is 10.4 Å². The number of sulfonamides is 1. The van der Waals surface area contributed by atoms with Gasteiger partial charge in [-0.2, -0.15) is 0 Å². The zero-order valence-corrected chi connectivity index (χ0v) is 12.4. The number of halogens is 1. The normalized spacial score (nSPS) is 11.4. The number of rotatable bonds is 4.